The second-order valence-corrected chi connectivity index (χ2v) is 7.66. The highest BCUT2D eigenvalue weighted by molar-refractivity contribution is 7.99. The average molecular weight is 300 g/mol. The van der Waals surface area contributed by atoms with Crippen LogP contribution in [0.4, 0.5) is 0 Å². The van der Waals surface area contributed by atoms with Crippen LogP contribution in [0.5, 0.6) is 0 Å². The summed E-state index contributed by atoms with van der Waals surface area (Å²) in [6.07, 6.45) is 2.00. The zero-order valence-electron chi connectivity index (χ0n) is 11.1. The molecule has 1 aliphatic rings. The van der Waals surface area contributed by atoms with Gasteiger partial charge in [-0.2, -0.15) is 0 Å². The molecule has 1 aromatic rings. The fraction of sp³-hybridized carbons (Fsp3) is 0.538. The largest absolute Gasteiger partial charge is 0.316 e. The highest BCUT2D eigenvalue weighted by atomic mass is 32.2. The molecule has 0 aliphatic carbocycles. The Morgan fingerprint density at radius 3 is 2.89 bits per heavy atom. The van der Waals surface area contributed by atoms with Gasteiger partial charge in [0.25, 0.3) is 0 Å². The zero-order valence-corrected chi connectivity index (χ0v) is 12.7. The van der Waals surface area contributed by atoms with E-state index >= 15 is 0 Å². The van der Waals surface area contributed by atoms with Crippen LogP contribution in [0.25, 0.3) is 0 Å². The van der Waals surface area contributed by atoms with Crippen LogP contribution in [-0.2, 0) is 10.0 Å². The maximum Gasteiger partial charge on any atom is 0.208 e. The summed E-state index contributed by atoms with van der Waals surface area (Å²) in [5, 5.41) is 3.41. The lowest BCUT2D eigenvalue weighted by molar-refractivity contribution is 0.572. The van der Waals surface area contributed by atoms with Crippen molar-refractivity contribution in [2.24, 2.45) is 0 Å². The molecule has 106 valence electrons. The predicted molar refractivity (Wildman–Crippen MR) is 80.2 cm³/mol. The molecule has 2 N–H and O–H groups in total. The molecule has 0 aromatic heterocycles. The van der Waals surface area contributed by atoms with Crippen LogP contribution >= 0.6 is 11.8 Å². The van der Waals surface area contributed by atoms with Crippen LogP contribution in [0.3, 0.4) is 0 Å². The predicted octanol–water partition coefficient (Wildman–Crippen LogP) is 1.40. The number of rotatable bonds is 7. The first kappa shape index (κ1) is 14.8. The summed E-state index contributed by atoms with van der Waals surface area (Å²) in [5.74, 6) is 1.71. The number of nitrogens with one attached hydrogen (secondary N) is 2. The molecule has 0 saturated carbocycles. The van der Waals surface area contributed by atoms with Gasteiger partial charge in [0.1, 0.15) is 0 Å². The number of sulfonamides is 1. The van der Waals surface area contributed by atoms with E-state index in [1.807, 2.05) is 11.8 Å². The van der Waals surface area contributed by atoms with Crippen molar-refractivity contribution in [3.05, 3.63) is 29.8 Å². The number of hydrogen-bond donors (Lipinski definition) is 2. The lowest BCUT2D eigenvalue weighted by atomic mass is 10.0. The van der Waals surface area contributed by atoms with E-state index in [1.54, 1.807) is 0 Å². The van der Waals surface area contributed by atoms with E-state index in [9.17, 15) is 8.42 Å². The monoisotopic (exact) mass is 300 g/mol. The highest BCUT2D eigenvalue weighted by Gasteiger charge is 2.21. The Morgan fingerprint density at radius 1 is 1.32 bits per heavy atom. The molecule has 1 aromatic carbocycles. The topological polar surface area (TPSA) is 58.2 Å². The standard InChI is InChI=1S/C13H20N2O2S2/c1-19(16,17)15-8-4-7-14-9-11-10-18-13-6-3-2-5-12(11)13/h2-3,5-6,11,14-15H,4,7-10H2,1H3. The minimum atomic E-state index is -3.05. The summed E-state index contributed by atoms with van der Waals surface area (Å²) in [6, 6.07) is 8.55. The van der Waals surface area contributed by atoms with Gasteiger partial charge in [0.2, 0.25) is 10.0 Å². The third kappa shape index (κ3) is 4.80. The van der Waals surface area contributed by atoms with E-state index in [1.165, 1.54) is 16.7 Å². The number of benzene rings is 1. The van der Waals surface area contributed by atoms with Gasteiger partial charge < -0.3 is 5.32 Å². The smallest absolute Gasteiger partial charge is 0.208 e. The van der Waals surface area contributed by atoms with E-state index in [2.05, 4.69) is 34.3 Å². The maximum absolute atomic E-state index is 10.9. The Balaban J connectivity index is 1.65. The number of hydrogen-bond acceptors (Lipinski definition) is 4. The molecule has 0 spiro atoms. The second kappa shape index (κ2) is 6.74. The van der Waals surface area contributed by atoms with Crippen LogP contribution in [0.15, 0.2) is 29.2 Å². The summed E-state index contributed by atoms with van der Waals surface area (Å²) in [5.41, 5.74) is 1.44. The number of thioether (sulfide) groups is 1. The summed E-state index contributed by atoms with van der Waals surface area (Å²) < 4.78 is 24.2. The average Bonchev–Trinajstić information content (AvgIpc) is 2.76. The fourth-order valence-electron chi connectivity index (χ4n) is 2.15. The van der Waals surface area contributed by atoms with Gasteiger partial charge in [0, 0.05) is 29.7 Å². The third-order valence-electron chi connectivity index (χ3n) is 3.08. The van der Waals surface area contributed by atoms with Gasteiger partial charge in [-0.15, -0.1) is 11.8 Å². The van der Waals surface area contributed by atoms with Crippen molar-refractivity contribution < 1.29 is 8.42 Å². The Kier molecular flexibility index (Phi) is 5.27. The van der Waals surface area contributed by atoms with Gasteiger partial charge in [-0.3, -0.25) is 0 Å². The highest BCUT2D eigenvalue weighted by Crippen LogP contribution is 2.38. The lowest BCUT2D eigenvalue weighted by Crippen LogP contribution is -2.28. The lowest BCUT2D eigenvalue weighted by Gasteiger charge is -2.12. The molecule has 19 heavy (non-hydrogen) atoms. The van der Waals surface area contributed by atoms with Crippen LogP contribution in [-0.4, -0.2) is 40.1 Å². The molecule has 2 rings (SSSR count). The first-order valence-electron chi connectivity index (χ1n) is 6.43. The minimum absolute atomic E-state index is 0.502. The molecule has 1 atom stereocenters. The first-order valence-corrected chi connectivity index (χ1v) is 9.31. The molecular formula is C13H20N2O2S2. The van der Waals surface area contributed by atoms with Crippen molar-refractivity contribution >= 4 is 21.8 Å². The van der Waals surface area contributed by atoms with Gasteiger partial charge >= 0.3 is 0 Å². The molecule has 0 bridgehead atoms. The molecule has 1 heterocycles. The molecular weight excluding hydrogens is 280 g/mol. The Bertz CT molecular complexity index is 517. The van der Waals surface area contributed by atoms with Gasteiger partial charge in [0.05, 0.1) is 6.26 Å². The Hall–Kier alpha value is -0.560. The van der Waals surface area contributed by atoms with Crippen LogP contribution in [0, 0.1) is 0 Å². The second-order valence-electron chi connectivity index (χ2n) is 4.77. The molecule has 0 amide bonds. The molecule has 0 radical (unpaired) electrons. The first-order chi connectivity index (χ1) is 9.06. The van der Waals surface area contributed by atoms with Crippen molar-refractivity contribution in [2.45, 2.75) is 17.2 Å². The van der Waals surface area contributed by atoms with Crippen molar-refractivity contribution in [2.75, 3.05) is 31.6 Å². The van der Waals surface area contributed by atoms with E-state index in [0.717, 1.165) is 25.3 Å². The molecule has 4 nitrogen and oxygen atoms in total. The quantitative estimate of drug-likeness (QED) is 0.748. The molecule has 0 fully saturated rings. The van der Waals surface area contributed by atoms with Gasteiger partial charge in [-0.05, 0) is 24.6 Å². The minimum Gasteiger partial charge on any atom is -0.316 e. The molecule has 1 aliphatic heterocycles. The van der Waals surface area contributed by atoms with Crippen molar-refractivity contribution in [3.8, 4) is 0 Å². The summed E-state index contributed by atoms with van der Waals surface area (Å²) in [6.45, 7) is 2.30. The van der Waals surface area contributed by atoms with Crippen LogP contribution < -0.4 is 10.0 Å². The normalized spacial score (nSPS) is 18.5. The maximum atomic E-state index is 10.9. The third-order valence-corrected chi connectivity index (χ3v) is 5.06. The zero-order chi connectivity index (χ0) is 13.7. The van der Waals surface area contributed by atoms with E-state index in [-0.39, 0.29) is 0 Å². The Labute approximate surface area is 119 Å². The van der Waals surface area contributed by atoms with E-state index < -0.39 is 10.0 Å². The van der Waals surface area contributed by atoms with Crippen LogP contribution in [0.1, 0.15) is 17.9 Å². The fourth-order valence-corrected chi connectivity index (χ4v) is 3.91. The SMILES string of the molecule is CS(=O)(=O)NCCCNCC1CSc2ccccc21. The summed E-state index contributed by atoms with van der Waals surface area (Å²) in [4.78, 5) is 1.40. The molecule has 6 heteroatoms. The van der Waals surface area contributed by atoms with Crippen LogP contribution in [0.2, 0.25) is 0 Å². The molecule has 0 saturated heterocycles. The van der Waals surface area contributed by atoms with E-state index in [0.29, 0.717) is 12.5 Å². The van der Waals surface area contributed by atoms with Crippen molar-refractivity contribution in [1.82, 2.24) is 10.0 Å². The Morgan fingerprint density at radius 2 is 2.11 bits per heavy atom. The summed E-state index contributed by atoms with van der Waals surface area (Å²) in [7, 11) is -3.05. The van der Waals surface area contributed by atoms with Crippen molar-refractivity contribution in [1.29, 1.82) is 0 Å². The summed E-state index contributed by atoms with van der Waals surface area (Å²) >= 11 is 1.92. The van der Waals surface area contributed by atoms with E-state index in [4.69, 9.17) is 0 Å². The van der Waals surface area contributed by atoms with Gasteiger partial charge in [0.15, 0.2) is 0 Å². The number of fused-ring (bicyclic) bond motifs is 1. The van der Waals surface area contributed by atoms with Gasteiger partial charge in [-0.25, -0.2) is 13.1 Å². The van der Waals surface area contributed by atoms with Crippen molar-refractivity contribution in [3.63, 3.8) is 0 Å². The van der Waals surface area contributed by atoms with Gasteiger partial charge in [-0.1, -0.05) is 18.2 Å². The molecule has 1 unspecified atom stereocenters.